The summed E-state index contributed by atoms with van der Waals surface area (Å²) in [5, 5.41) is 3.59. The van der Waals surface area contributed by atoms with Gasteiger partial charge in [-0.1, -0.05) is 0 Å². The number of nitrogens with one attached hydrogen (secondary N) is 2. The molecule has 0 aromatic heterocycles. The Balaban J connectivity index is 1.44. The predicted octanol–water partition coefficient (Wildman–Crippen LogP) is 3.15. The Bertz CT molecular complexity index is 536. The molecule has 3 rings (SSSR count). The topological polar surface area (TPSA) is 59.6 Å². The van der Waals surface area contributed by atoms with Crippen LogP contribution in [0.15, 0.2) is 24.3 Å². The van der Waals surface area contributed by atoms with Crippen molar-refractivity contribution in [2.75, 3.05) is 36.1 Å². The van der Waals surface area contributed by atoms with Crippen molar-refractivity contribution in [2.45, 2.75) is 57.8 Å². The molecular weight excluding hydrogens is 346 g/mol. The summed E-state index contributed by atoms with van der Waals surface area (Å²) in [6.45, 7) is 7.21. The number of rotatable bonds is 6. The second-order valence-electron chi connectivity index (χ2n) is 7.88. The Hall–Kier alpha value is -0.950. The summed E-state index contributed by atoms with van der Waals surface area (Å²) in [7, 11) is 0. The zero-order valence-corrected chi connectivity index (χ0v) is 17.1. The highest BCUT2D eigenvalue weighted by Gasteiger charge is 2.24. The average Bonchev–Trinajstić information content (AvgIpc) is 2.60. The maximum Gasteiger partial charge on any atom is 0.115 e. The Morgan fingerprint density at radius 2 is 1.69 bits per heavy atom. The minimum absolute atomic E-state index is 0.284. The van der Waals surface area contributed by atoms with E-state index in [0.717, 1.165) is 32.5 Å². The molecular formula is C20H33N3O2S. The second kappa shape index (κ2) is 9.31. The smallest absolute Gasteiger partial charge is 0.115 e. The predicted molar refractivity (Wildman–Crippen MR) is 110 cm³/mol. The SMILES string of the molecule is C[C@@H]1CN(c2ccc(NCC3CCC(N[S+](C)[O-])CC3)cc2)C[C@H](C)O1. The van der Waals surface area contributed by atoms with Crippen molar-refractivity contribution in [3.63, 3.8) is 0 Å². The molecule has 5 nitrogen and oxygen atoms in total. The van der Waals surface area contributed by atoms with E-state index in [2.05, 4.69) is 53.1 Å². The molecule has 0 spiro atoms. The molecule has 0 amide bonds. The van der Waals surface area contributed by atoms with E-state index in [1.807, 2.05) is 0 Å². The molecule has 146 valence electrons. The highest BCUT2D eigenvalue weighted by Crippen LogP contribution is 2.26. The van der Waals surface area contributed by atoms with E-state index in [4.69, 9.17) is 4.74 Å². The molecule has 2 fully saturated rings. The summed E-state index contributed by atoms with van der Waals surface area (Å²) >= 11 is -0.895. The molecule has 2 aliphatic rings. The molecule has 1 aliphatic heterocycles. The summed E-state index contributed by atoms with van der Waals surface area (Å²) in [6, 6.07) is 9.23. The van der Waals surface area contributed by atoms with Crippen LogP contribution in [-0.4, -0.2) is 48.7 Å². The lowest BCUT2D eigenvalue weighted by atomic mass is 9.86. The molecule has 1 aliphatic carbocycles. The normalized spacial score (nSPS) is 30.8. The zero-order chi connectivity index (χ0) is 18.5. The number of nitrogens with zero attached hydrogens (tertiary/aromatic N) is 1. The van der Waals surface area contributed by atoms with Crippen LogP contribution in [0.3, 0.4) is 0 Å². The van der Waals surface area contributed by atoms with Crippen LogP contribution in [0.25, 0.3) is 0 Å². The minimum Gasteiger partial charge on any atom is -0.598 e. The van der Waals surface area contributed by atoms with E-state index >= 15 is 0 Å². The first-order valence-corrected chi connectivity index (χ1v) is 11.4. The van der Waals surface area contributed by atoms with Crippen molar-refractivity contribution in [3.8, 4) is 0 Å². The standard InChI is InChI=1S/C20H33N3O2S/c1-15-13-23(14-16(2)25-15)20-10-8-18(9-11-20)21-12-17-4-6-19(7-5-17)22-26(3)24/h8-11,15-17,19,21-22H,4-7,12-14H2,1-3H3/t15-,16+,17?,19?,26?. The van der Waals surface area contributed by atoms with E-state index in [1.165, 1.54) is 24.2 Å². The fraction of sp³-hybridized carbons (Fsp3) is 0.700. The first-order valence-electron chi connectivity index (χ1n) is 9.83. The van der Waals surface area contributed by atoms with E-state index < -0.39 is 11.4 Å². The molecule has 6 heteroatoms. The van der Waals surface area contributed by atoms with E-state index in [9.17, 15) is 4.55 Å². The van der Waals surface area contributed by atoms with E-state index in [1.54, 1.807) is 6.26 Å². The molecule has 0 radical (unpaired) electrons. The van der Waals surface area contributed by atoms with Crippen molar-refractivity contribution in [1.29, 1.82) is 0 Å². The van der Waals surface area contributed by atoms with Crippen LogP contribution in [0.1, 0.15) is 39.5 Å². The number of hydrogen-bond acceptors (Lipinski definition) is 5. The fourth-order valence-electron chi connectivity index (χ4n) is 4.16. The van der Waals surface area contributed by atoms with Crippen LogP contribution < -0.4 is 14.9 Å². The number of benzene rings is 1. The zero-order valence-electron chi connectivity index (χ0n) is 16.2. The Kier molecular flexibility index (Phi) is 7.09. The molecule has 1 saturated carbocycles. The van der Waals surface area contributed by atoms with Gasteiger partial charge in [-0.15, -0.1) is 4.72 Å². The summed E-state index contributed by atoms with van der Waals surface area (Å²) < 4.78 is 20.2. The van der Waals surface area contributed by atoms with Gasteiger partial charge in [0.15, 0.2) is 0 Å². The Labute approximate surface area is 161 Å². The summed E-state index contributed by atoms with van der Waals surface area (Å²) in [4.78, 5) is 2.41. The first-order chi connectivity index (χ1) is 12.5. The molecule has 1 aromatic carbocycles. The van der Waals surface area contributed by atoms with Gasteiger partial charge in [-0.25, -0.2) is 0 Å². The van der Waals surface area contributed by atoms with Gasteiger partial charge in [-0.3, -0.25) is 0 Å². The van der Waals surface area contributed by atoms with Gasteiger partial charge in [0.25, 0.3) is 0 Å². The van der Waals surface area contributed by atoms with Crippen LogP contribution >= 0.6 is 0 Å². The largest absolute Gasteiger partial charge is 0.598 e. The third kappa shape index (κ3) is 5.78. The molecule has 1 saturated heterocycles. The van der Waals surface area contributed by atoms with Gasteiger partial charge in [0.05, 0.1) is 18.2 Å². The van der Waals surface area contributed by atoms with Gasteiger partial charge in [-0.05, 0) is 69.7 Å². The summed E-state index contributed by atoms with van der Waals surface area (Å²) in [5.41, 5.74) is 2.47. The number of anilines is 2. The monoisotopic (exact) mass is 379 g/mol. The lowest BCUT2D eigenvalue weighted by Crippen LogP contribution is -2.45. The highest BCUT2D eigenvalue weighted by molar-refractivity contribution is 7.88. The van der Waals surface area contributed by atoms with Gasteiger partial charge in [0.2, 0.25) is 0 Å². The van der Waals surface area contributed by atoms with Crippen molar-refractivity contribution >= 4 is 22.7 Å². The van der Waals surface area contributed by atoms with Gasteiger partial charge in [0, 0.05) is 42.4 Å². The van der Waals surface area contributed by atoms with Gasteiger partial charge >= 0.3 is 0 Å². The Morgan fingerprint density at radius 1 is 1.08 bits per heavy atom. The molecule has 1 unspecified atom stereocenters. The maximum atomic E-state index is 11.3. The number of hydrogen-bond donors (Lipinski definition) is 2. The fourth-order valence-corrected chi connectivity index (χ4v) is 4.87. The third-order valence-electron chi connectivity index (χ3n) is 5.43. The molecule has 0 bridgehead atoms. The molecule has 3 atom stereocenters. The minimum atomic E-state index is -0.895. The lowest BCUT2D eigenvalue weighted by molar-refractivity contribution is -0.00521. The molecule has 2 N–H and O–H groups in total. The van der Waals surface area contributed by atoms with Crippen LogP contribution in [0, 0.1) is 5.92 Å². The lowest BCUT2D eigenvalue weighted by Gasteiger charge is -2.37. The molecule has 1 aromatic rings. The van der Waals surface area contributed by atoms with Gasteiger partial charge < -0.3 is 19.5 Å². The molecule has 1 heterocycles. The van der Waals surface area contributed by atoms with Crippen molar-refractivity contribution in [1.82, 2.24) is 4.72 Å². The summed E-state index contributed by atoms with van der Waals surface area (Å²) in [6.07, 6.45) is 6.93. The van der Waals surface area contributed by atoms with Crippen molar-refractivity contribution in [2.24, 2.45) is 5.92 Å². The van der Waals surface area contributed by atoms with Crippen molar-refractivity contribution < 1.29 is 9.29 Å². The molecule has 26 heavy (non-hydrogen) atoms. The highest BCUT2D eigenvalue weighted by atomic mass is 32.2. The second-order valence-corrected chi connectivity index (χ2v) is 9.02. The maximum absolute atomic E-state index is 11.3. The van der Waals surface area contributed by atoms with Crippen LogP contribution in [0.4, 0.5) is 11.4 Å². The average molecular weight is 380 g/mol. The van der Waals surface area contributed by atoms with E-state index in [0.29, 0.717) is 12.0 Å². The first kappa shape index (κ1) is 19.8. The van der Waals surface area contributed by atoms with Gasteiger partial charge in [0.1, 0.15) is 6.26 Å². The Morgan fingerprint density at radius 3 is 2.27 bits per heavy atom. The summed E-state index contributed by atoms with van der Waals surface area (Å²) in [5.74, 6) is 0.707. The van der Waals surface area contributed by atoms with Crippen LogP contribution in [0.5, 0.6) is 0 Å². The third-order valence-corrected chi connectivity index (χ3v) is 6.09. The van der Waals surface area contributed by atoms with E-state index in [-0.39, 0.29) is 12.2 Å². The number of ether oxygens (including phenoxy) is 1. The number of morpholine rings is 1. The van der Waals surface area contributed by atoms with Crippen LogP contribution in [-0.2, 0) is 16.1 Å². The van der Waals surface area contributed by atoms with Gasteiger partial charge in [-0.2, -0.15) is 0 Å². The van der Waals surface area contributed by atoms with Crippen molar-refractivity contribution in [3.05, 3.63) is 24.3 Å². The quantitative estimate of drug-likeness (QED) is 0.744. The van der Waals surface area contributed by atoms with Crippen LogP contribution in [0.2, 0.25) is 0 Å².